The summed E-state index contributed by atoms with van der Waals surface area (Å²) in [7, 11) is 0. The molecule has 0 unspecified atom stereocenters. The summed E-state index contributed by atoms with van der Waals surface area (Å²) in [4.78, 5) is 20.7. The highest BCUT2D eigenvalue weighted by molar-refractivity contribution is 7.13. The Morgan fingerprint density at radius 1 is 1.28 bits per heavy atom. The Morgan fingerprint density at radius 2 is 2.12 bits per heavy atom. The fourth-order valence-electron chi connectivity index (χ4n) is 2.40. The average molecular weight is 348 g/mol. The van der Waals surface area contributed by atoms with E-state index in [0.717, 1.165) is 21.8 Å². The van der Waals surface area contributed by atoms with Gasteiger partial charge in [-0.2, -0.15) is 5.26 Å². The van der Waals surface area contributed by atoms with Gasteiger partial charge >= 0.3 is 0 Å². The minimum Gasteiger partial charge on any atom is -0.351 e. The van der Waals surface area contributed by atoms with Crippen LogP contribution in [0.15, 0.2) is 59.7 Å². The molecule has 0 aliphatic rings. The smallest absolute Gasteiger partial charge is 0.261 e. The van der Waals surface area contributed by atoms with Crippen molar-refractivity contribution in [3.8, 4) is 16.6 Å². The lowest BCUT2D eigenvalue weighted by molar-refractivity contribution is -0.117. The van der Waals surface area contributed by atoms with Gasteiger partial charge in [0.25, 0.3) is 5.91 Å². The van der Waals surface area contributed by atoms with Crippen molar-refractivity contribution < 1.29 is 4.79 Å². The molecule has 0 spiro atoms. The van der Waals surface area contributed by atoms with Crippen molar-refractivity contribution in [2.75, 3.05) is 6.54 Å². The summed E-state index contributed by atoms with van der Waals surface area (Å²) >= 11 is 1.62. The largest absolute Gasteiger partial charge is 0.351 e. The first kappa shape index (κ1) is 16.7. The zero-order valence-electron chi connectivity index (χ0n) is 13.4. The summed E-state index contributed by atoms with van der Waals surface area (Å²) in [5, 5.41) is 14.0. The molecule has 2 aromatic heterocycles. The highest BCUT2D eigenvalue weighted by Gasteiger charge is 2.11. The van der Waals surface area contributed by atoms with Crippen molar-refractivity contribution >= 4 is 23.3 Å². The van der Waals surface area contributed by atoms with Crippen LogP contribution < -0.4 is 5.32 Å². The van der Waals surface area contributed by atoms with Gasteiger partial charge in [0.1, 0.15) is 17.3 Å². The van der Waals surface area contributed by atoms with E-state index in [1.807, 2.05) is 53.9 Å². The lowest BCUT2D eigenvalue weighted by Gasteiger charge is -2.05. The van der Waals surface area contributed by atoms with E-state index in [9.17, 15) is 10.1 Å². The molecule has 0 aliphatic carbocycles. The topological polar surface area (TPSA) is 81.6 Å². The van der Waals surface area contributed by atoms with Crippen LogP contribution in [0.2, 0.25) is 0 Å². The number of hydrogen-bond acceptors (Lipinski definition) is 4. The number of carbonyl (C=O) groups excluding carboxylic acids is 1. The first-order valence-electron chi connectivity index (χ1n) is 7.79. The number of H-pyrrole nitrogens is 1. The molecule has 5 nitrogen and oxygen atoms in total. The zero-order valence-corrected chi connectivity index (χ0v) is 14.2. The summed E-state index contributed by atoms with van der Waals surface area (Å²) in [6.07, 6.45) is 3.86. The van der Waals surface area contributed by atoms with Gasteiger partial charge in [0.15, 0.2) is 0 Å². The number of thiophene rings is 1. The highest BCUT2D eigenvalue weighted by Crippen LogP contribution is 2.25. The van der Waals surface area contributed by atoms with E-state index >= 15 is 0 Å². The van der Waals surface area contributed by atoms with Crippen molar-refractivity contribution in [2.24, 2.45) is 0 Å². The second kappa shape index (κ2) is 8.08. The summed E-state index contributed by atoms with van der Waals surface area (Å²) in [6, 6.07) is 15.3. The summed E-state index contributed by atoms with van der Waals surface area (Å²) in [5.74, 6) is -0.372. The van der Waals surface area contributed by atoms with E-state index in [2.05, 4.69) is 15.3 Å². The van der Waals surface area contributed by atoms with Crippen LogP contribution in [0.25, 0.3) is 16.6 Å². The SMILES string of the molecule is N#C/C(=C\c1ccccc1)C(=O)NCCc1[nH]cnc1-c1cccs1. The van der Waals surface area contributed by atoms with Crippen LogP contribution in [-0.2, 0) is 11.2 Å². The Bertz CT molecular complexity index is 905. The van der Waals surface area contributed by atoms with Gasteiger partial charge in [0, 0.05) is 18.7 Å². The van der Waals surface area contributed by atoms with Gasteiger partial charge in [0.05, 0.1) is 11.2 Å². The molecule has 124 valence electrons. The molecular formula is C19H16N4OS. The van der Waals surface area contributed by atoms with Crippen molar-refractivity contribution in [3.63, 3.8) is 0 Å². The van der Waals surface area contributed by atoms with E-state index in [1.54, 1.807) is 23.7 Å². The molecule has 0 fully saturated rings. The number of nitriles is 1. The number of nitrogens with zero attached hydrogens (tertiary/aromatic N) is 2. The first-order chi connectivity index (χ1) is 12.3. The van der Waals surface area contributed by atoms with Gasteiger partial charge in [0.2, 0.25) is 0 Å². The molecule has 0 radical (unpaired) electrons. The Balaban J connectivity index is 1.61. The second-order valence-corrected chi connectivity index (χ2v) is 6.24. The van der Waals surface area contributed by atoms with Gasteiger partial charge in [-0.1, -0.05) is 36.4 Å². The van der Waals surface area contributed by atoms with Crippen LogP contribution in [0.3, 0.4) is 0 Å². The molecule has 25 heavy (non-hydrogen) atoms. The van der Waals surface area contributed by atoms with E-state index < -0.39 is 0 Å². The van der Waals surface area contributed by atoms with Crippen LogP contribution in [0.5, 0.6) is 0 Å². The molecule has 2 N–H and O–H groups in total. The molecule has 1 aromatic carbocycles. The van der Waals surface area contributed by atoms with Crippen LogP contribution >= 0.6 is 11.3 Å². The number of aromatic amines is 1. The molecule has 0 atom stereocenters. The number of amides is 1. The number of imidazole rings is 1. The fraction of sp³-hybridized carbons (Fsp3) is 0.105. The molecule has 2 heterocycles. The Kier molecular flexibility index (Phi) is 5.39. The fourth-order valence-corrected chi connectivity index (χ4v) is 3.15. The van der Waals surface area contributed by atoms with Crippen molar-refractivity contribution in [1.29, 1.82) is 5.26 Å². The van der Waals surface area contributed by atoms with E-state index in [-0.39, 0.29) is 11.5 Å². The Morgan fingerprint density at radius 3 is 2.84 bits per heavy atom. The van der Waals surface area contributed by atoms with E-state index in [0.29, 0.717) is 13.0 Å². The van der Waals surface area contributed by atoms with Crippen LogP contribution in [-0.4, -0.2) is 22.4 Å². The Hall–Kier alpha value is -3.17. The van der Waals surface area contributed by atoms with E-state index in [4.69, 9.17) is 0 Å². The molecule has 6 heteroatoms. The average Bonchev–Trinajstić information content (AvgIpc) is 3.31. The number of hydrogen-bond donors (Lipinski definition) is 2. The normalized spacial score (nSPS) is 11.1. The van der Waals surface area contributed by atoms with Gasteiger partial charge in [-0.25, -0.2) is 4.98 Å². The van der Waals surface area contributed by atoms with Crippen LogP contribution in [0.4, 0.5) is 0 Å². The summed E-state index contributed by atoms with van der Waals surface area (Å²) in [5.41, 5.74) is 2.79. The highest BCUT2D eigenvalue weighted by atomic mass is 32.1. The maximum Gasteiger partial charge on any atom is 0.261 e. The van der Waals surface area contributed by atoms with E-state index in [1.165, 1.54) is 0 Å². The Labute approximate surface area is 149 Å². The number of carbonyl (C=O) groups is 1. The maximum atomic E-state index is 12.2. The molecule has 0 aliphatic heterocycles. The number of rotatable bonds is 6. The standard InChI is InChI=1S/C19H16N4OS/c20-12-15(11-14-5-2-1-3-6-14)19(24)21-9-8-16-18(23-13-22-16)17-7-4-10-25-17/h1-7,10-11,13H,8-9H2,(H,21,24)(H,22,23)/b15-11+. The van der Waals surface area contributed by atoms with Crippen molar-refractivity contribution in [2.45, 2.75) is 6.42 Å². The molecule has 3 aromatic rings. The molecule has 0 saturated heterocycles. The maximum absolute atomic E-state index is 12.2. The van der Waals surface area contributed by atoms with Crippen molar-refractivity contribution in [1.82, 2.24) is 15.3 Å². The minimum atomic E-state index is -0.372. The molecular weight excluding hydrogens is 332 g/mol. The van der Waals surface area contributed by atoms with Crippen LogP contribution in [0.1, 0.15) is 11.3 Å². The quantitative estimate of drug-likeness (QED) is 0.529. The second-order valence-electron chi connectivity index (χ2n) is 5.29. The van der Waals surface area contributed by atoms with Gasteiger partial charge in [-0.3, -0.25) is 4.79 Å². The number of benzene rings is 1. The molecule has 1 amide bonds. The first-order valence-corrected chi connectivity index (χ1v) is 8.67. The number of nitrogens with one attached hydrogen (secondary N) is 2. The number of aromatic nitrogens is 2. The van der Waals surface area contributed by atoms with Gasteiger partial charge < -0.3 is 10.3 Å². The molecule has 0 bridgehead atoms. The van der Waals surface area contributed by atoms with Gasteiger partial charge in [-0.05, 0) is 23.1 Å². The summed E-state index contributed by atoms with van der Waals surface area (Å²) < 4.78 is 0. The van der Waals surface area contributed by atoms with Crippen molar-refractivity contribution in [3.05, 3.63) is 71.0 Å². The zero-order chi connectivity index (χ0) is 17.5. The van der Waals surface area contributed by atoms with Crippen LogP contribution in [0, 0.1) is 11.3 Å². The lowest BCUT2D eigenvalue weighted by Crippen LogP contribution is -2.26. The predicted octanol–water partition coefficient (Wildman–Crippen LogP) is 3.40. The third-order valence-electron chi connectivity index (χ3n) is 3.61. The third-order valence-corrected chi connectivity index (χ3v) is 4.49. The summed E-state index contributed by atoms with van der Waals surface area (Å²) in [6.45, 7) is 0.424. The minimum absolute atomic E-state index is 0.0919. The molecule has 0 saturated carbocycles. The van der Waals surface area contributed by atoms with Gasteiger partial charge in [-0.15, -0.1) is 11.3 Å². The molecule has 3 rings (SSSR count). The monoisotopic (exact) mass is 348 g/mol. The predicted molar refractivity (Wildman–Crippen MR) is 98.6 cm³/mol. The lowest BCUT2D eigenvalue weighted by atomic mass is 10.1. The third kappa shape index (κ3) is 4.22.